The van der Waals surface area contributed by atoms with Crippen LogP contribution >= 0.6 is 0 Å². The molecule has 1 heterocycles. The number of rotatable bonds is 7. The van der Waals surface area contributed by atoms with Crippen LogP contribution in [-0.2, 0) is 9.53 Å². The molecule has 1 saturated heterocycles. The van der Waals surface area contributed by atoms with Crippen molar-refractivity contribution in [2.75, 3.05) is 26.2 Å². The number of carbonyl (C=O) groups is 1. The van der Waals surface area contributed by atoms with Crippen LogP contribution in [0.1, 0.15) is 50.7 Å². The van der Waals surface area contributed by atoms with E-state index in [9.17, 15) is 4.79 Å². The standard InChI is InChI=1S/C20H32N2O2/c1-5-24-20(3,4)14-22-19(23)18(16-9-11-21-12-10-16)17-8-6-7-15(2)13-17/h6-8,13,16,18,21H,5,9-12,14H2,1-4H3,(H,22,23). The fraction of sp³-hybridized carbons (Fsp3) is 0.650. The number of ether oxygens (including phenoxy) is 1. The van der Waals surface area contributed by atoms with E-state index in [4.69, 9.17) is 4.74 Å². The van der Waals surface area contributed by atoms with Gasteiger partial charge in [-0.25, -0.2) is 0 Å². The first kappa shape index (κ1) is 18.9. The van der Waals surface area contributed by atoms with Crippen LogP contribution in [0.25, 0.3) is 0 Å². The minimum Gasteiger partial charge on any atom is -0.374 e. The van der Waals surface area contributed by atoms with E-state index in [0.29, 0.717) is 19.1 Å². The van der Waals surface area contributed by atoms with Crippen LogP contribution in [0.5, 0.6) is 0 Å². The first-order valence-corrected chi connectivity index (χ1v) is 9.12. The van der Waals surface area contributed by atoms with Crippen LogP contribution in [0.4, 0.5) is 0 Å². The molecule has 1 amide bonds. The molecule has 1 aromatic rings. The second-order valence-electron chi connectivity index (χ2n) is 7.39. The molecule has 1 aliphatic heterocycles. The van der Waals surface area contributed by atoms with Crippen LogP contribution in [0.15, 0.2) is 24.3 Å². The van der Waals surface area contributed by atoms with E-state index in [0.717, 1.165) is 31.5 Å². The van der Waals surface area contributed by atoms with Crippen molar-refractivity contribution in [3.05, 3.63) is 35.4 Å². The van der Waals surface area contributed by atoms with Gasteiger partial charge in [0.1, 0.15) is 0 Å². The summed E-state index contributed by atoms with van der Waals surface area (Å²) in [7, 11) is 0. The van der Waals surface area contributed by atoms with E-state index >= 15 is 0 Å². The molecule has 1 atom stereocenters. The molecule has 0 spiro atoms. The van der Waals surface area contributed by atoms with Crippen molar-refractivity contribution in [3.8, 4) is 0 Å². The van der Waals surface area contributed by atoms with Crippen molar-refractivity contribution < 1.29 is 9.53 Å². The van der Waals surface area contributed by atoms with Gasteiger partial charge in [-0.1, -0.05) is 29.8 Å². The topological polar surface area (TPSA) is 50.4 Å². The molecule has 1 unspecified atom stereocenters. The normalized spacial score (nSPS) is 17.5. The lowest BCUT2D eigenvalue weighted by Crippen LogP contribution is -2.44. The highest BCUT2D eigenvalue weighted by Crippen LogP contribution is 2.32. The summed E-state index contributed by atoms with van der Waals surface area (Å²) in [5.74, 6) is 0.438. The maximum Gasteiger partial charge on any atom is 0.227 e. The zero-order valence-corrected chi connectivity index (χ0v) is 15.5. The molecule has 4 nitrogen and oxygen atoms in total. The average molecular weight is 332 g/mol. The molecule has 2 rings (SSSR count). The molecule has 1 aliphatic rings. The number of benzene rings is 1. The Labute approximate surface area is 146 Å². The van der Waals surface area contributed by atoms with Crippen molar-refractivity contribution >= 4 is 5.91 Å². The third-order valence-electron chi connectivity index (χ3n) is 4.76. The van der Waals surface area contributed by atoms with Crippen LogP contribution < -0.4 is 10.6 Å². The highest BCUT2D eigenvalue weighted by molar-refractivity contribution is 5.84. The van der Waals surface area contributed by atoms with E-state index in [-0.39, 0.29) is 17.4 Å². The Balaban J connectivity index is 2.14. The second kappa shape index (κ2) is 8.63. The zero-order chi connectivity index (χ0) is 17.6. The van der Waals surface area contributed by atoms with Crippen molar-refractivity contribution in [2.24, 2.45) is 5.92 Å². The molecular formula is C20H32N2O2. The molecule has 0 aromatic heterocycles. The summed E-state index contributed by atoms with van der Waals surface area (Å²) >= 11 is 0. The lowest BCUT2D eigenvalue weighted by atomic mass is 9.79. The minimum absolute atomic E-state index is 0.0792. The minimum atomic E-state index is -0.338. The number of nitrogens with one attached hydrogen (secondary N) is 2. The molecule has 0 radical (unpaired) electrons. The van der Waals surface area contributed by atoms with Gasteiger partial charge in [0.25, 0.3) is 0 Å². The van der Waals surface area contributed by atoms with Gasteiger partial charge in [-0.15, -0.1) is 0 Å². The number of hydrogen-bond donors (Lipinski definition) is 2. The van der Waals surface area contributed by atoms with E-state index in [1.165, 1.54) is 5.56 Å². The van der Waals surface area contributed by atoms with Gasteiger partial charge in [-0.3, -0.25) is 4.79 Å². The van der Waals surface area contributed by atoms with Gasteiger partial charge in [-0.05, 0) is 65.1 Å². The predicted molar refractivity (Wildman–Crippen MR) is 98.2 cm³/mol. The summed E-state index contributed by atoms with van der Waals surface area (Å²) in [5.41, 5.74) is 2.00. The fourth-order valence-corrected chi connectivity index (χ4v) is 3.53. The highest BCUT2D eigenvalue weighted by Gasteiger charge is 2.32. The van der Waals surface area contributed by atoms with Gasteiger partial charge in [-0.2, -0.15) is 0 Å². The molecule has 0 saturated carbocycles. The molecular weight excluding hydrogens is 300 g/mol. The summed E-state index contributed by atoms with van der Waals surface area (Å²) < 4.78 is 5.71. The van der Waals surface area contributed by atoms with Crippen molar-refractivity contribution in [2.45, 2.75) is 52.1 Å². The molecule has 1 fully saturated rings. The summed E-state index contributed by atoms with van der Waals surface area (Å²) in [5, 5.41) is 6.53. The third kappa shape index (κ3) is 5.32. The molecule has 0 aliphatic carbocycles. The number of aryl methyl sites for hydroxylation is 1. The van der Waals surface area contributed by atoms with Crippen LogP contribution in [0.3, 0.4) is 0 Å². The van der Waals surface area contributed by atoms with E-state index < -0.39 is 0 Å². The van der Waals surface area contributed by atoms with Gasteiger partial charge in [0.15, 0.2) is 0 Å². The highest BCUT2D eigenvalue weighted by atomic mass is 16.5. The number of carbonyl (C=O) groups excluding carboxylic acids is 1. The summed E-state index contributed by atoms with van der Waals surface area (Å²) in [6.07, 6.45) is 2.09. The Morgan fingerprint density at radius 1 is 1.38 bits per heavy atom. The molecule has 4 heteroatoms. The molecule has 0 bridgehead atoms. The van der Waals surface area contributed by atoms with Gasteiger partial charge < -0.3 is 15.4 Å². The smallest absolute Gasteiger partial charge is 0.227 e. The number of amides is 1. The Kier molecular flexibility index (Phi) is 6.81. The van der Waals surface area contributed by atoms with Crippen molar-refractivity contribution in [3.63, 3.8) is 0 Å². The van der Waals surface area contributed by atoms with Crippen molar-refractivity contribution in [1.82, 2.24) is 10.6 Å². The molecule has 24 heavy (non-hydrogen) atoms. The quantitative estimate of drug-likeness (QED) is 0.807. The Morgan fingerprint density at radius 2 is 2.08 bits per heavy atom. The SMILES string of the molecule is CCOC(C)(C)CNC(=O)C(c1cccc(C)c1)C1CCNCC1. The monoisotopic (exact) mass is 332 g/mol. The third-order valence-corrected chi connectivity index (χ3v) is 4.76. The Bertz CT molecular complexity index is 536. The van der Waals surface area contributed by atoms with Gasteiger partial charge in [0, 0.05) is 13.2 Å². The summed E-state index contributed by atoms with van der Waals surface area (Å²) in [6, 6.07) is 8.38. The predicted octanol–water partition coefficient (Wildman–Crippen LogP) is 3.01. The van der Waals surface area contributed by atoms with Crippen LogP contribution in [0, 0.1) is 12.8 Å². The van der Waals surface area contributed by atoms with Gasteiger partial charge in [0.2, 0.25) is 5.91 Å². The molecule has 134 valence electrons. The first-order chi connectivity index (χ1) is 11.4. The largest absolute Gasteiger partial charge is 0.374 e. The van der Waals surface area contributed by atoms with Gasteiger partial charge >= 0.3 is 0 Å². The van der Waals surface area contributed by atoms with Crippen LogP contribution in [-0.4, -0.2) is 37.7 Å². The molecule has 2 N–H and O–H groups in total. The maximum absolute atomic E-state index is 13.0. The average Bonchev–Trinajstić information content (AvgIpc) is 2.54. The first-order valence-electron chi connectivity index (χ1n) is 9.12. The maximum atomic E-state index is 13.0. The second-order valence-corrected chi connectivity index (χ2v) is 7.39. The van der Waals surface area contributed by atoms with E-state index in [1.54, 1.807) is 0 Å². The lowest BCUT2D eigenvalue weighted by molar-refractivity contribution is -0.125. The Morgan fingerprint density at radius 3 is 2.71 bits per heavy atom. The number of piperidine rings is 1. The van der Waals surface area contributed by atoms with Crippen LogP contribution in [0.2, 0.25) is 0 Å². The van der Waals surface area contributed by atoms with E-state index in [1.807, 2.05) is 20.8 Å². The Hall–Kier alpha value is -1.39. The molecule has 1 aromatic carbocycles. The van der Waals surface area contributed by atoms with E-state index in [2.05, 4.69) is 41.8 Å². The summed E-state index contributed by atoms with van der Waals surface area (Å²) in [4.78, 5) is 13.0. The summed E-state index contributed by atoms with van der Waals surface area (Å²) in [6.45, 7) is 11.3. The number of hydrogen-bond acceptors (Lipinski definition) is 3. The zero-order valence-electron chi connectivity index (χ0n) is 15.5. The fourth-order valence-electron chi connectivity index (χ4n) is 3.53. The van der Waals surface area contributed by atoms with Crippen molar-refractivity contribution in [1.29, 1.82) is 0 Å². The van der Waals surface area contributed by atoms with Gasteiger partial charge in [0.05, 0.1) is 11.5 Å². The lowest BCUT2D eigenvalue weighted by Gasteiger charge is -2.32.